The van der Waals surface area contributed by atoms with Gasteiger partial charge in [-0.2, -0.15) is 0 Å². The summed E-state index contributed by atoms with van der Waals surface area (Å²) in [5.74, 6) is 0.645. The fraction of sp³-hybridized carbons (Fsp3) is 0.364. The van der Waals surface area contributed by atoms with Gasteiger partial charge in [-0.15, -0.1) is 0 Å². The topological polar surface area (TPSA) is 63.1 Å². The van der Waals surface area contributed by atoms with Gasteiger partial charge < -0.3 is 19.9 Å². The highest BCUT2D eigenvalue weighted by Crippen LogP contribution is 2.14. The van der Waals surface area contributed by atoms with Crippen LogP contribution in [0.1, 0.15) is 18.1 Å². The monoisotopic (exact) mass is 384 g/mol. The van der Waals surface area contributed by atoms with Crippen molar-refractivity contribution >= 4 is 17.5 Å². The Balaban J connectivity index is 1.84. The molecule has 28 heavy (non-hydrogen) atoms. The normalized spacial score (nSPS) is 11.6. The fourth-order valence-electron chi connectivity index (χ4n) is 2.82. The number of nitrogens with one attached hydrogen (secondary N) is 2. The molecule has 0 aliphatic carbocycles. The summed E-state index contributed by atoms with van der Waals surface area (Å²) in [4.78, 5) is 27.5. The van der Waals surface area contributed by atoms with E-state index in [9.17, 15) is 9.59 Å². The first-order chi connectivity index (χ1) is 13.4. The minimum Gasteiger partial charge on any atom is -0.497 e. The minimum absolute atomic E-state index is 0.0228. The van der Waals surface area contributed by atoms with Crippen molar-refractivity contribution in [3.05, 3.63) is 59.7 Å². The number of likely N-dealkylation sites (N-methyl/N-ethyl adjacent to an activating group) is 2. The molecule has 0 aliphatic heterocycles. The van der Waals surface area contributed by atoms with Crippen molar-refractivity contribution in [2.24, 2.45) is 0 Å². The first kappa shape index (κ1) is 21.4. The lowest BCUT2D eigenvalue weighted by molar-refractivity contribution is -0.882. The van der Waals surface area contributed by atoms with E-state index < -0.39 is 0 Å². The van der Waals surface area contributed by atoms with Crippen LogP contribution >= 0.6 is 0 Å². The molecule has 0 saturated carbocycles. The summed E-state index contributed by atoms with van der Waals surface area (Å²) in [7, 11) is 3.40. The van der Waals surface area contributed by atoms with E-state index in [1.165, 1.54) is 5.56 Å². The number of nitrogens with zero attached hydrogens (tertiary/aromatic N) is 1. The standard InChI is InChI=1S/C22H29N3O3/c1-5-25(15-21(26)23-19-10-12-20(28-4)13-11-19)16-22(27)24(3)14-18-8-6-17(2)7-9-18/h6-13H,5,14-16H2,1-4H3,(H,23,26)/p+1. The van der Waals surface area contributed by atoms with E-state index >= 15 is 0 Å². The summed E-state index contributed by atoms with van der Waals surface area (Å²) in [6.45, 7) is 5.80. The highest BCUT2D eigenvalue weighted by molar-refractivity contribution is 5.91. The molecule has 1 atom stereocenters. The second-order valence-electron chi connectivity index (χ2n) is 6.97. The molecule has 6 heteroatoms. The molecule has 2 aromatic carbocycles. The van der Waals surface area contributed by atoms with E-state index in [4.69, 9.17) is 4.74 Å². The van der Waals surface area contributed by atoms with Gasteiger partial charge in [0, 0.05) is 19.3 Å². The van der Waals surface area contributed by atoms with Crippen LogP contribution in [0.3, 0.4) is 0 Å². The van der Waals surface area contributed by atoms with Gasteiger partial charge in [-0.3, -0.25) is 9.59 Å². The quantitative estimate of drug-likeness (QED) is 0.689. The Bertz CT molecular complexity index is 773. The number of rotatable bonds is 9. The van der Waals surface area contributed by atoms with Gasteiger partial charge in [0.25, 0.3) is 11.8 Å². The Kier molecular flexibility index (Phi) is 8.02. The molecule has 6 nitrogen and oxygen atoms in total. The fourth-order valence-corrected chi connectivity index (χ4v) is 2.82. The Labute approximate surface area is 167 Å². The summed E-state index contributed by atoms with van der Waals surface area (Å²) in [5, 5.41) is 2.87. The molecule has 2 aromatic rings. The molecule has 2 rings (SSSR count). The predicted octanol–water partition coefficient (Wildman–Crippen LogP) is 1.51. The lowest BCUT2D eigenvalue weighted by Crippen LogP contribution is -3.13. The molecule has 0 aromatic heterocycles. The SMILES string of the molecule is CC[NH+](CC(=O)Nc1ccc(OC)cc1)CC(=O)N(C)Cc1ccc(C)cc1. The van der Waals surface area contributed by atoms with Crippen LogP contribution in [0.25, 0.3) is 0 Å². The van der Waals surface area contributed by atoms with Crippen LogP contribution in [0.5, 0.6) is 5.75 Å². The molecule has 0 bridgehead atoms. The Hall–Kier alpha value is -2.86. The van der Waals surface area contributed by atoms with E-state index in [-0.39, 0.29) is 24.9 Å². The zero-order chi connectivity index (χ0) is 20.5. The zero-order valence-corrected chi connectivity index (χ0v) is 17.1. The molecule has 1 unspecified atom stereocenters. The molecular weight excluding hydrogens is 354 g/mol. The van der Waals surface area contributed by atoms with Gasteiger partial charge in [-0.25, -0.2) is 0 Å². The molecule has 150 valence electrons. The number of carbonyl (C=O) groups is 2. The number of amides is 2. The number of hydrogen-bond donors (Lipinski definition) is 2. The number of anilines is 1. The van der Waals surface area contributed by atoms with Crippen LogP contribution in [0.4, 0.5) is 5.69 Å². The second kappa shape index (κ2) is 10.5. The summed E-state index contributed by atoms with van der Waals surface area (Å²) < 4.78 is 5.11. The van der Waals surface area contributed by atoms with Crippen molar-refractivity contribution in [2.45, 2.75) is 20.4 Å². The third-order valence-corrected chi connectivity index (χ3v) is 4.65. The first-order valence-electron chi connectivity index (χ1n) is 9.48. The van der Waals surface area contributed by atoms with Crippen LogP contribution in [-0.2, 0) is 16.1 Å². The molecule has 0 saturated heterocycles. The highest BCUT2D eigenvalue weighted by Gasteiger charge is 2.19. The van der Waals surface area contributed by atoms with Gasteiger partial charge >= 0.3 is 0 Å². The average molecular weight is 385 g/mol. The Morgan fingerprint density at radius 2 is 1.68 bits per heavy atom. The van der Waals surface area contributed by atoms with Crippen molar-refractivity contribution in [3.8, 4) is 5.75 Å². The lowest BCUT2D eigenvalue weighted by Gasteiger charge is -2.21. The van der Waals surface area contributed by atoms with Crippen molar-refractivity contribution in [1.82, 2.24) is 4.90 Å². The summed E-state index contributed by atoms with van der Waals surface area (Å²) in [6.07, 6.45) is 0. The van der Waals surface area contributed by atoms with Crippen molar-refractivity contribution in [2.75, 3.05) is 39.1 Å². The van der Waals surface area contributed by atoms with Gasteiger partial charge in [0.1, 0.15) is 5.75 Å². The van der Waals surface area contributed by atoms with Crippen LogP contribution in [-0.4, -0.2) is 50.5 Å². The van der Waals surface area contributed by atoms with Gasteiger partial charge in [0.2, 0.25) is 0 Å². The van der Waals surface area contributed by atoms with Crippen molar-refractivity contribution in [1.29, 1.82) is 0 Å². The van der Waals surface area contributed by atoms with E-state index in [1.54, 1.807) is 43.3 Å². The van der Waals surface area contributed by atoms with Crippen molar-refractivity contribution < 1.29 is 19.2 Å². The predicted molar refractivity (Wildman–Crippen MR) is 111 cm³/mol. The molecule has 2 N–H and O–H groups in total. The molecule has 0 aliphatic rings. The number of ether oxygens (including phenoxy) is 1. The number of hydrogen-bond acceptors (Lipinski definition) is 3. The lowest BCUT2D eigenvalue weighted by atomic mass is 10.1. The maximum atomic E-state index is 12.6. The maximum Gasteiger partial charge on any atom is 0.279 e. The van der Waals surface area contributed by atoms with Gasteiger partial charge in [0.05, 0.1) is 13.7 Å². The van der Waals surface area contributed by atoms with Gasteiger partial charge in [-0.05, 0) is 43.7 Å². The van der Waals surface area contributed by atoms with Crippen LogP contribution < -0.4 is 15.0 Å². The smallest absolute Gasteiger partial charge is 0.279 e. The number of benzene rings is 2. The second-order valence-corrected chi connectivity index (χ2v) is 6.97. The van der Waals surface area contributed by atoms with E-state index in [0.717, 1.165) is 16.2 Å². The highest BCUT2D eigenvalue weighted by atomic mass is 16.5. The van der Waals surface area contributed by atoms with Crippen LogP contribution in [0, 0.1) is 6.92 Å². The maximum absolute atomic E-state index is 12.6. The minimum atomic E-state index is -0.115. The number of aryl methyl sites for hydroxylation is 1. The number of carbonyl (C=O) groups excluding carboxylic acids is 2. The molecule has 0 spiro atoms. The van der Waals surface area contributed by atoms with Crippen LogP contribution in [0.15, 0.2) is 48.5 Å². The Morgan fingerprint density at radius 1 is 1.04 bits per heavy atom. The van der Waals surface area contributed by atoms with E-state index in [1.807, 2.05) is 38.1 Å². The number of methoxy groups -OCH3 is 1. The summed E-state index contributed by atoms with van der Waals surface area (Å²) in [5.41, 5.74) is 3.00. The molecule has 0 heterocycles. The molecule has 0 fully saturated rings. The first-order valence-corrected chi connectivity index (χ1v) is 9.48. The third kappa shape index (κ3) is 6.70. The van der Waals surface area contributed by atoms with E-state index in [0.29, 0.717) is 18.8 Å². The summed E-state index contributed by atoms with van der Waals surface area (Å²) in [6, 6.07) is 15.3. The average Bonchev–Trinajstić information content (AvgIpc) is 2.69. The zero-order valence-electron chi connectivity index (χ0n) is 17.1. The molecule has 2 amide bonds. The molecular formula is C22H30N3O3+. The van der Waals surface area contributed by atoms with Crippen LogP contribution in [0.2, 0.25) is 0 Å². The van der Waals surface area contributed by atoms with Gasteiger partial charge in [0.15, 0.2) is 13.1 Å². The van der Waals surface area contributed by atoms with Crippen molar-refractivity contribution in [3.63, 3.8) is 0 Å². The Morgan fingerprint density at radius 3 is 2.25 bits per heavy atom. The largest absolute Gasteiger partial charge is 0.497 e. The molecule has 0 radical (unpaired) electrons. The van der Waals surface area contributed by atoms with Gasteiger partial charge in [-0.1, -0.05) is 29.8 Å². The van der Waals surface area contributed by atoms with E-state index in [2.05, 4.69) is 5.32 Å². The third-order valence-electron chi connectivity index (χ3n) is 4.65. The summed E-state index contributed by atoms with van der Waals surface area (Å²) >= 11 is 0. The number of quaternary nitrogens is 1.